The maximum Gasteiger partial charge on any atom is 0.306 e. The maximum absolute atomic E-state index is 12.9. The molecule has 3 aromatic rings. The molecule has 11 nitrogen and oxygen atoms in total. The number of fused-ring (bicyclic) bond motifs is 8. The minimum Gasteiger partial charge on any atom is -0.469 e. The van der Waals surface area contributed by atoms with Crippen molar-refractivity contribution in [3.05, 3.63) is 88.5 Å². The molecule has 53 heavy (non-hydrogen) atoms. The van der Waals surface area contributed by atoms with Gasteiger partial charge in [0.25, 0.3) is 0 Å². The lowest BCUT2D eigenvalue weighted by Crippen LogP contribution is -2.14. The third-order valence-electron chi connectivity index (χ3n) is 10.1. The van der Waals surface area contributed by atoms with E-state index >= 15 is 0 Å². The monoisotopic (exact) mass is 724 g/mol. The first-order chi connectivity index (χ1) is 25.6. The van der Waals surface area contributed by atoms with Crippen LogP contribution < -0.4 is 0 Å². The van der Waals surface area contributed by atoms with Gasteiger partial charge >= 0.3 is 11.9 Å². The molecule has 5 heterocycles. The number of ether oxygens (including phenoxy) is 5. The van der Waals surface area contributed by atoms with Crippen molar-refractivity contribution in [2.45, 2.75) is 65.2 Å². The fourth-order valence-electron chi connectivity index (χ4n) is 6.97. The van der Waals surface area contributed by atoms with E-state index in [0.717, 1.165) is 78.2 Å². The van der Waals surface area contributed by atoms with Crippen molar-refractivity contribution < 1.29 is 33.3 Å². The number of nitrogens with zero attached hydrogens (tertiary/aromatic N) is 2. The number of aromatic nitrogens is 4. The number of aryl methyl sites for hydroxylation is 3. The third kappa shape index (κ3) is 9.22. The van der Waals surface area contributed by atoms with Crippen LogP contribution in [0.1, 0.15) is 90.0 Å². The van der Waals surface area contributed by atoms with Crippen LogP contribution >= 0.6 is 0 Å². The van der Waals surface area contributed by atoms with Gasteiger partial charge < -0.3 is 33.7 Å². The molecule has 2 unspecified atom stereocenters. The smallest absolute Gasteiger partial charge is 0.306 e. The number of allylic oxidation sites excluding steroid dienone is 3. The summed E-state index contributed by atoms with van der Waals surface area (Å²) in [4.78, 5) is 42.7. The zero-order chi connectivity index (χ0) is 38.1. The molecule has 0 spiro atoms. The van der Waals surface area contributed by atoms with E-state index < -0.39 is 0 Å². The number of methoxy groups -OCH3 is 2. The predicted molar refractivity (Wildman–Crippen MR) is 208 cm³/mol. The minimum absolute atomic E-state index is 0.0138. The number of carbonyl (C=O) groups is 2. The molecule has 0 amide bonds. The summed E-state index contributed by atoms with van der Waals surface area (Å²) in [6.45, 7) is 18.9. The number of hydrogen-bond acceptors (Lipinski definition) is 9. The Kier molecular flexibility index (Phi) is 13.6. The highest BCUT2D eigenvalue weighted by atomic mass is 16.6. The normalized spacial score (nSPS) is 15.4. The van der Waals surface area contributed by atoms with Crippen molar-refractivity contribution in [1.29, 1.82) is 0 Å². The first-order valence-corrected chi connectivity index (χ1v) is 18.2. The van der Waals surface area contributed by atoms with Gasteiger partial charge in [0, 0.05) is 76.4 Å². The Morgan fingerprint density at radius 2 is 1.45 bits per heavy atom. The lowest BCUT2D eigenvalue weighted by molar-refractivity contribution is -0.145. The van der Waals surface area contributed by atoms with Crippen LogP contribution in [0.25, 0.3) is 39.3 Å². The van der Waals surface area contributed by atoms with Crippen molar-refractivity contribution in [3.63, 3.8) is 0 Å². The highest BCUT2D eigenvalue weighted by molar-refractivity contribution is 5.96. The number of nitrogens with one attached hydrogen (secondary N) is 2. The molecule has 0 fully saturated rings. The fraction of sp³-hybridized carbons (Fsp3) is 0.429. The zero-order valence-electron chi connectivity index (χ0n) is 31.9. The lowest BCUT2D eigenvalue weighted by atomic mass is 9.87. The number of hydrogen-bond donors (Lipinski definition) is 2. The average Bonchev–Trinajstić information content (AvgIpc) is 3.81. The van der Waals surface area contributed by atoms with Gasteiger partial charge in [-0.1, -0.05) is 32.2 Å². The van der Waals surface area contributed by atoms with Gasteiger partial charge in [0.2, 0.25) is 0 Å². The van der Waals surface area contributed by atoms with Gasteiger partial charge in [-0.05, 0) is 80.1 Å². The van der Waals surface area contributed by atoms with E-state index in [4.69, 9.17) is 33.7 Å². The van der Waals surface area contributed by atoms with Crippen molar-refractivity contribution in [2.24, 2.45) is 0 Å². The summed E-state index contributed by atoms with van der Waals surface area (Å²) in [5, 5.41) is 0. The van der Waals surface area contributed by atoms with E-state index in [9.17, 15) is 9.59 Å². The minimum atomic E-state index is -0.307. The Bertz CT molecular complexity index is 2040. The van der Waals surface area contributed by atoms with Crippen LogP contribution in [0.5, 0.6) is 0 Å². The van der Waals surface area contributed by atoms with Crippen LogP contribution in [0.4, 0.5) is 0 Å². The lowest BCUT2D eigenvalue weighted by Gasteiger charge is -2.15. The molecule has 0 radical (unpaired) electrons. The van der Waals surface area contributed by atoms with Gasteiger partial charge in [-0.15, -0.1) is 0 Å². The Hall–Kier alpha value is -4.84. The van der Waals surface area contributed by atoms with Crippen LogP contribution in [-0.2, 0) is 39.7 Å². The molecule has 5 rings (SSSR count). The molecule has 11 heteroatoms. The summed E-state index contributed by atoms with van der Waals surface area (Å²) in [7, 11) is 3.03. The molecule has 3 aromatic heterocycles. The third-order valence-corrected chi connectivity index (χ3v) is 10.1. The molecule has 0 saturated carbocycles. The second-order valence-corrected chi connectivity index (χ2v) is 13.4. The van der Waals surface area contributed by atoms with Crippen LogP contribution in [-0.4, -0.2) is 85.7 Å². The Morgan fingerprint density at radius 3 is 2.15 bits per heavy atom. The second kappa shape index (κ2) is 18.3. The number of H-pyrrole nitrogens is 2. The van der Waals surface area contributed by atoms with E-state index in [1.807, 2.05) is 12.2 Å². The molecule has 0 aromatic carbocycles. The highest BCUT2D eigenvalue weighted by Gasteiger charge is 2.30. The standard InChI is InChI=1S/C42H52N4O7/c1-9-29-25(3)33-21-34-27(5)31(11-13-41(47)50-8)39(45-34)24-40-32(12-14-42(48)53-20-19-52-18-17-51-16-15-49-7)28(6)36(46-40)23-38-30(10-2)26(4)35(44-38)22-37(29)43-33/h9-10,21-24,27,31,44,46H,1-2,11-20H2,3-8H3. The number of rotatable bonds is 17. The summed E-state index contributed by atoms with van der Waals surface area (Å²) in [6, 6.07) is 8.26. The number of esters is 2. The van der Waals surface area contributed by atoms with Gasteiger partial charge in [-0.3, -0.25) is 14.6 Å². The molecule has 0 saturated heterocycles. The van der Waals surface area contributed by atoms with Crippen molar-refractivity contribution in [2.75, 3.05) is 53.9 Å². The zero-order valence-corrected chi connectivity index (χ0v) is 31.9. The predicted octanol–water partition coefficient (Wildman–Crippen LogP) is 7.69. The summed E-state index contributed by atoms with van der Waals surface area (Å²) < 4.78 is 26.4. The topological polar surface area (TPSA) is 138 Å². The molecular weight excluding hydrogens is 672 g/mol. The van der Waals surface area contributed by atoms with Gasteiger partial charge in [0.1, 0.15) is 6.61 Å². The van der Waals surface area contributed by atoms with Crippen molar-refractivity contribution >= 4 is 51.2 Å². The van der Waals surface area contributed by atoms with Crippen molar-refractivity contribution in [1.82, 2.24) is 19.9 Å². The Balaban J connectivity index is 1.57. The van der Waals surface area contributed by atoms with E-state index in [-0.39, 0.29) is 49.8 Å². The molecular formula is C42H52N4O7. The summed E-state index contributed by atoms with van der Waals surface area (Å²) in [5.74, 6) is -0.600. The molecule has 2 N–H and O–H groups in total. The van der Waals surface area contributed by atoms with E-state index in [2.05, 4.69) is 75.1 Å². The van der Waals surface area contributed by atoms with Gasteiger partial charge in [-0.25, -0.2) is 4.98 Å². The molecule has 2 aliphatic heterocycles. The first-order valence-electron chi connectivity index (χ1n) is 18.2. The number of carbonyl (C=O) groups excluding carboxylic acids is 2. The van der Waals surface area contributed by atoms with Gasteiger partial charge in [-0.2, -0.15) is 0 Å². The first kappa shape index (κ1) is 39.4. The second-order valence-electron chi connectivity index (χ2n) is 13.4. The number of aromatic amines is 2. The quantitative estimate of drug-likeness (QED) is 0.106. The van der Waals surface area contributed by atoms with E-state index in [0.29, 0.717) is 39.3 Å². The molecule has 2 aliphatic rings. The molecule has 8 bridgehead atoms. The van der Waals surface area contributed by atoms with Crippen LogP contribution in [0.3, 0.4) is 0 Å². The average molecular weight is 725 g/mol. The fourth-order valence-corrected chi connectivity index (χ4v) is 6.97. The maximum atomic E-state index is 12.9. The Morgan fingerprint density at radius 1 is 0.755 bits per heavy atom. The largest absolute Gasteiger partial charge is 0.469 e. The van der Waals surface area contributed by atoms with E-state index in [1.165, 1.54) is 7.11 Å². The summed E-state index contributed by atoms with van der Waals surface area (Å²) in [6.07, 6.45) is 5.18. The van der Waals surface area contributed by atoms with Gasteiger partial charge in [0.05, 0.1) is 51.5 Å². The van der Waals surface area contributed by atoms with Crippen LogP contribution in [0.2, 0.25) is 0 Å². The van der Waals surface area contributed by atoms with Crippen molar-refractivity contribution in [3.8, 4) is 0 Å². The molecule has 282 valence electrons. The summed E-state index contributed by atoms with van der Waals surface area (Å²) >= 11 is 0. The summed E-state index contributed by atoms with van der Waals surface area (Å²) in [5.41, 5.74) is 13.0. The Labute approximate surface area is 311 Å². The molecule has 2 atom stereocenters. The van der Waals surface area contributed by atoms with E-state index in [1.54, 1.807) is 7.11 Å². The van der Waals surface area contributed by atoms with Crippen LogP contribution in [0, 0.1) is 13.8 Å². The van der Waals surface area contributed by atoms with Gasteiger partial charge in [0.15, 0.2) is 0 Å². The highest BCUT2D eigenvalue weighted by Crippen LogP contribution is 2.41. The van der Waals surface area contributed by atoms with Crippen LogP contribution in [0.15, 0.2) is 43.5 Å². The SMILES string of the molecule is C=CC1=C(C)c2cc3nc(cc4[nH]c(cc5[nH]c(cc1n2)c(C)c5C=C)c(C)c4CCC(=O)OCCOCCOCCOC)C(CCC(=O)OC)C3C. The molecule has 0 aliphatic carbocycles.